The Balaban J connectivity index is 1.90. The van der Waals surface area contributed by atoms with Crippen molar-refractivity contribution >= 4 is 0 Å². The normalized spacial score (nSPS) is 21.3. The molecule has 0 aliphatic carbocycles. The van der Waals surface area contributed by atoms with E-state index in [0.29, 0.717) is 12.0 Å². The van der Waals surface area contributed by atoms with Gasteiger partial charge in [0.15, 0.2) is 0 Å². The Morgan fingerprint density at radius 2 is 2.44 bits per heavy atom. The lowest BCUT2D eigenvalue weighted by atomic mass is 10.1. The molecular weight excluding hydrogens is 226 g/mol. The Kier molecular flexibility index (Phi) is 5.20. The van der Waals surface area contributed by atoms with Crippen molar-refractivity contribution in [2.24, 2.45) is 5.92 Å². The molecule has 0 spiro atoms. The molecule has 1 N–H and O–H groups in total. The van der Waals surface area contributed by atoms with Gasteiger partial charge in [0, 0.05) is 36.9 Å². The average Bonchev–Trinajstić information content (AvgIpc) is 3.03. The first-order valence-electron chi connectivity index (χ1n) is 7.17. The summed E-state index contributed by atoms with van der Waals surface area (Å²) in [6, 6.07) is 0.443. The second-order valence-electron chi connectivity index (χ2n) is 5.14. The van der Waals surface area contributed by atoms with E-state index >= 15 is 0 Å². The van der Waals surface area contributed by atoms with Crippen molar-refractivity contribution in [3.8, 4) is 0 Å². The molecule has 1 saturated heterocycles. The standard InChI is InChI=1S/C14H25N3O/c1-3-6-15-14(4-2)13-8-16-17(10-13)9-12-5-7-18-11-12/h8,10,12,14-15H,3-7,9,11H2,1-2H3. The van der Waals surface area contributed by atoms with E-state index in [0.717, 1.165) is 32.7 Å². The lowest BCUT2D eigenvalue weighted by molar-refractivity contribution is 0.181. The molecular formula is C14H25N3O. The molecule has 102 valence electrons. The van der Waals surface area contributed by atoms with E-state index in [-0.39, 0.29) is 0 Å². The van der Waals surface area contributed by atoms with Crippen LogP contribution in [0.5, 0.6) is 0 Å². The summed E-state index contributed by atoms with van der Waals surface area (Å²) in [5, 5.41) is 8.04. The van der Waals surface area contributed by atoms with E-state index in [9.17, 15) is 0 Å². The van der Waals surface area contributed by atoms with Crippen molar-refractivity contribution in [3.05, 3.63) is 18.0 Å². The highest BCUT2D eigenvalue weighted by atomic mass is 16.5. The molecule has 1 aliphatic heterocycles. The van der Waals surface area contributed by atoms with Gasteiger partial charge < -0.3 is 10.1 Å². The summed E-state index contributed by atoms with van der Waals surface area (Å²) in [5.74, 6) is 0.640. The number of hydrogen-bond acceptors (Lipinski definition) is 3. The molecule has 0 aromatic carbocycles. The zero-order chi connectivity index (χ0) is 12.8. The van der Waals surface area contributed by atoms with Gasteiger partial charge in [-0.1, -0.05) is 13.8 Å². The smallest absolute Gasteiger partial charge is 0.0537 e. The Morgan fingerprint density at radius 3 is 3.11 bits per heavy atom. The summed E-state index contributed by atoms with van der Waals surface area (Å²) in [4.78, 5) is 0. The second-order valence-corrected chi connectivity index (χ2v) is 5.14. The highest BCUT2D eigenvalue weighted by Crippen LogP contribution is 2.18. The van der Waals surface area contributed by atoms with E-state index in [2.05, 4.69) is 35.1 Å². The third kappa shape index (κ3) is 3.56. The first-order chi connectivity index (χ1) is 8.83. The van der Waals surface area contributed by atoms with Crippen LogP contribution in [-0.2, 0) is 11.3 Å². The fourth-order valence-electron chi connectivity index (χ4n) is 2.47. The van der Waals surface area contributed by atoms with Gasteiger partial charge >= 0.3 is 0 Å². The van der Waals surface area contributed by atoms with Crippen molar-refractivity contribution in [1.29, 1.82) is 0 Å². The molecule has 4 heteroatoms. The third-order valence-corrected chi connectivity index (χ3v) is 3.57. The molecule has 2 atom stereocenters. The van der Waals surface area contributed by atoms with Crippen LogP contribution < -0.4 is 5.32 Å². The van der Waals surface area contributed by atoms with E-state index in [4.69, 9.17) is 4.74 Å². The molecule has 1 fully saturated rings. The number of aromatic nitrogens is 2. The van der Waals surface area contributed by atoms with Crippen LogP contribution in [0, 0.1) is 5.92 Å². The molecule has 0 radical (unpaired) electrons. The zero-order valence-corrected chi connectivity index (χ0v) is 11.6. The van der Waals surface area contributed by atoms with Gasteiger partial charge in [-0.05, 0) is 25.8 Å². The van der Waals surface area contributed by atoms with E-state index in [1.54, 1.807) is 0 Å². The van der Waals surface area contributed by atoms with Crippen molar-refractivity contribution < 1.29 is 4.74 Å². The van der Waals surface area contributed by atoms with E-state index < -0.39 is 0 Å². The van der Waals surface area contributed by atoms with Gasteiger partial charge in [-0.15, -0.1) is 0 Å². The molecule has 0 amide bonds. The number of nitrogens with one attached hydrogen (secondary N) is 1. The van der Waals surface area contributed by atoms with Crippen LogP contribution in [0.2, 0.25) is 0 Å². The van der Waals surface area contributed by atoms with Gasteiger partial charge in [0.05, 0.1) is 12.8 Å². The molecule has 2 rings (SSSR count). The number of ether oxygens (including phenoxy) is 1. The lowest BCUT2D eigenvalue weighted by Gasteiger charge is -2.14. The van der Waals surface area contributed by atoms with Gasteiger partial charge in [0.25, 0.3) is 0 Å². The monoisotopic (exact) mass is 251 g/mol. The minimum atomic E-state index is 0.443. The minimum absolute atomic E-state index is 0.443. The van der Waals surface area contributed by atoms with Crippen LogP contribution in [0.15, 0.2) is 12.4 Å². The summed E-state index contributed by atoms with van der Waals surface area (Å²) in [7, 11) is 0. The zero-order valence-electron chi connectivity index (χ0n) is 11.6. The molecule has 0 bridgehead atoms. The second kappa shape index (κ2) is 6.90. The fourth-order valence-corrected chi connectivity index (χ4v) is 2.47. The molecule has 18 heavy (non-hydrogen) atoms. The average molecular weight is 251 g/mol. The third-order valence-electron chi connectivity index (χ3n) is 3.57. The van der Waals surface area contributed by atoms with Gasteiger partial charge in [-0.3, -0.25) is 4.68 Å². The van der Waals surface area contributed by atoms with E-state index in [1.807, 2.05) is 6.20 Å². The predicted octanol–water partition coefficient (Wildman–Crippen LogP) is 2.37. The van der Waals surface area contributed by atoms with Gasteiger partial charge in [-0.25, -0.2) is 0 Å². The predicted molar refractivity (Wildman–Crippen MR) is 72.5 cm³/mol. The molecule has 2 heterocycles. The van der Waals surface area contributed by atoms with Crippen LogP contribution in [0.3, 0.4) is 0 Å². The lowest BCUT2D eigenvalue weighted by Crippen LogP contribution is -2.21. The number of nitrogens with zero attached hydrogens (tertiary/aromatic N) is 2. The summed E-state index contributed by atoms with van der Waals surface area (Å²) < 4.78 is 7.48. The van der Waals surface area contributed by atoms with Crippen LogP contribution in [0.1, 0.15) is 44.7 Å². The largest absolute Gasteiger partial charge is 0.381 e. The molecule has 2 unspecified atom stereocenters. The maximum Gasteiger partial charge on any atom is 0.0537 e. The molecule has 1 aliphatic rings. The quantitative estimate of drug-likeness (QED) is 0.808. The first-order valence-corrected chi connectivity index (χ1v) is 7.17. The summed E-state index contributed by atoms with van der Waals surface area (Å²) in [6.07, 6.45) is 7.64. The van der Waals surface area contributed by atoms with E-state index in [1.165, 1.54) is 18.4 Å². The van der Waals surface area contributed by atoms with Crippen LogP contribution in [0.25, 0.3) is 0 Å². The summed E-state index contributed by atoms with van der Waals surface area (Å²) in [5.41, 5.74) is 1.31. The van der Waals surface area contributed by atoms with Gasteiger partial charge in [-0.2, -0.15) is 5.10 Å². The number of hydrogen-bond donors (Lipinski definition) is 1. The molecule has 0 saturated carbocycles. The van der Waals surface area contributed by atoms with Crippen molar-refractivity contribution in [2.75, 3.05) is 19.8 Å². The molecule has 1 aromatic heterocycles. The van der Waals surface area contributed by atoms with Crippen LogP contribution in [-0.4, -0.2) is 29.5 Å². The van der Waals surface area contributed by atoms with Crippen LogP contribution in [0.4, 0.5) is 0 Å². The topological polar surface area (TPSA) is 39.1 Å². The summed E-state index contributed by atoms with van der Waals surface area (Å²) in [6.45, 7) is 8.28. The summed E-state index contributed by atoms with van der Waals surface area (Å²) >= 11 is 0. The van der Waals surface area contributed by atoms with Crippen LogP contribution >= 0.6 is 0 Å². The Labute approximate surface area is 110 Å². The minimum Gasteiger partial charge on any atom is -0.381 e. The molecule has 4 nitrogen and oxygen atoms in total. The van der Waals surface area contributed by atoms with Gasteiger partial charge in [0.2, 0.25) is 0 Å². The maximum absolute atomic E-state index is 5.40. The highest BCUT2D eigenvalue weighted by molar-refractivity contribution is 5.10. The van der Waals surface area contributed by atoms with Crippen molar-refractivity contribution in [2.45, 2.75) is 45.7 Å². The maximum atomic E-state index is 5.40. The fraction of sp³-hybridized carbons (Fsp3) is 0.786. The van der Waals surface area contributed by atoms with Crippen molar-refractivity contribution in [3.63, 3.8) is 0 Å². The SMILES string of the molecule is CCCNC(CC)c1cnn(CC2CCOC2)c1. The molecule has 1 aromatic rings. The number of rotatable bonds is 7. The Morgan fingerprint density at radius 1 is 1.56 bits per heavy atom. The highest BCUT2D eigenvalue weighted by Gasteiger charge is 2.17. The Hall–Kier alpha value is -0.870. The Bertz CT molecular complexity index is 345. The van der Waals surface area contributed by atoms with Crippen molar-refractivity contribution in [1.82, 2.24) is 15.1 Å². The van der Waals surface area contributed by atoms with Gasteiger partial charge in [0.1, 0.15) is 0 Å². The first kappa shape index (κ1) is 13.6.